The van der Waals surface area contributed by atoms with E-state index in [9.17, 15) is 0 Å². The number of guanidine groups is 1. The van der Waals surface area contributed by atoms with Gasteiger partial charge in [-0.3, -0.25) is 0 Å². The molecule has 22 heavy (non-hydrogen) atoms. The monoisotopic (exact) mass is 308 g/mol. The van der Waals surface area contributed by atoms with Crippen molar-refractivity contribution in [2.75, 3.05) is 20.3 Å². The van der Waals surface area contributed by atoms with E-state index in [1.807, 2.05) is 18.5 Å². The van der Waals surface area contributed by atoms with Crippen LogP contribution in [0.15, 0.2) is 4.99 Å². The van der Waals surface area contributed by atoms with Crippen molar-refractivity contribution >= 4 is 5.96 Å². The lowest BCUT2D eigenvalue weighted by Crippen LogP contribution is -2.43. The molecule has 0 saturated heterocycles. The molecule has 0 amide bonds. The second-order valence-electron chi connectivity index (χ2n) is 5.79. The number of hydrogen-bond acceptors (Lipinski definition) is 4. The third kappa shape index (κ3) is 4.98. The Morgan fingerprint density at radius 3 is 2.77 bits per heavy atom. The van der Waals surface area contributed by atoms with E-state index in [0.29, 0.717) is 12.6 Å². The lowest BCUT2D eigenvalue weighted by atomic mass is 10.2. The van der Waals surface area contributed by atoms with E-state index in [0.717, 1.165) is 37.2 Å². The van der Waals surface area contributed by atoms with E-state index in [1.165, 1.54) is 25.7 Å². The van der Waals surface area contributed by atoms with Gasteiger partial charge in [-0.15, -0.1) is 10.2 Å². The van der Waals surface area contributed by atoms with Crippen molar-refractivity contribution in [2.24, 2.45) is 12.0 Å². The van der Waals surface area contributed by atoms with Gasteiger partial charge >= 0.3 is 0 Å². The van der Waals surface area contributed by atoms with E-state index in [2.05, 4.69) is 25.8 Å². The second kappa shape index (κ2) is 8.73. The number of nitrogens with one attached hydrogen (secondary N) is 2. The highest BCUT2D eigenvalue weighted by molar-refractivity contribution is 5.80. The molecule has 0 unspecified atom stereocenters. The predicted molar refractivity (Wildman–Crippen MR) is 86.8 cm³/mol. The minimum absolute atomic E-state index is 0.531. The predicted octanol–water partition coefficient (Wildman–Crippen LogP) is 1.14. The third-order valence-electron chi connectivity index (χ3n) is 4.08. The maximum atomic E-state index is 5.08. The van der Waals surface area contributed by atoms with Crippen LogP contribution in [0.5, 0.6) is 0 Å². The quantitative estimate of drug-likeness (QED) is 0.449. The van der Waals surface area contributed by atoms with Crippen LogP contribution >= 0.6 is 0 Å². The minimum Gasteiger partial charge on any atom is -0.385 e. The SMILES string of the molecule is COCCCNC(=NCc1nnc(C)n1C)NC1CCCC1. The Morgan fingerprint density at radius 1 is 1.36 bits per heavy atom. The first-order chi connectivity index (χ1) is 10.7. The molecule has 0 aromatic carbocycles. The number of hydrogen-bond donors (Lipinski definition) is 2. The van der Waals surface area contributed by atoms with E-state index in [-0.39, 0.29) is 0 Å². The molecule has 1 aliphatic carbocycles. The van der Waals surface area contributed by atoms with Crippen molar-refractivity contribution in [2.45, 2.75) is 51.6 Å². The zero-order chi connectivity index (χ0) is 15.8. The van der Waals surface area contributed by atoms with E-state index >= 15 is 0 Å². The highest BCUT2D eigenvalue weighted by Gasteiger charge is 2.16. The van der Waals surface area contributed by atoms with Gasteiger partial charge in [0.25, 0.3) is 0 Å². The molecule has 124 valence electrons. The molecule has 0 radical (unpaired) electrons. The maximum Gasteiger partial charge on any atom is 0.191 e. The Labute approximate surface area is 132 Å². The smallest absolute Gasteiger partial charge is 0.191 e. The summed E-state index contributed by atoms with van der Waals surface area (Å²) in [5, 5.41) is 15.1. The fourth-order valence-corrected chi connectivity index (χ4v) is 2.58. The summed E-state index contributed by atoms with van der Waals surface area (Å²) in [6.45, 7) is 4.08. The average molecular weight is 308 g/mol. The highest BCUT2D eigenvalue weighted by atomic mass is 16.5. The zero-order valence-corrected chi connectivity index (χ0v) is 13.9. The number of ether oxygens (including phenoxy) is 1. The number of aromatic nitrogens is 3. The van der Waals surface area contributed by atoms with Crippen molar-refractivity contribution < 1.29 is 4.74 Å². The van der Waals surface area contributed by atoms with E-state index < -0.39 is 0 Å². The van der Waals surface area contributed by atoms with Crippen LogP contribution in [0.2, 0.25) is 0 Å². The normalized spacial score (nSPS) is 16.2. The summed E-state index contributed by atoms with van der Waals surface area (Å²) in [4.78, 5) is 4.66. The molecule has 7 nitrogen and oxygen atoms in total. The van der Waals surface area contributed by atoms with Crippen LogP contribution in [0.4, 0.5) is 0 Å². The number of aryl methyl sites for hydroxylation is 1. The molecule has 2 N–H and O–H groups in total. The Bertz CT molecular complexity index is 478. The lowest BCUT2D eigenvalue weighted by molar-refractivity contribution is 0.195. The highest BCUT2D eigenvalue weighted by Crippen LogP contribution is 2.17. The minimum atomic E-state index is 0.531. The Hall–Kier alpha value is -1.63. The molecule has 1 aliphatic rings. The summed E-state index contributed by atoms with van der Waals surface area (Å²) in [6, 6.07) is 0.537. The molecule has 0 spiro atoms. The van der Waals surface area contributed by atoms with Gasteiger partial charge in [0, 0.05) is 33.4 Å². The molecule has 1 aromatic rings. The van der Waals surface area contributed by atoms with E-state index in [1.54, 1.807) is 7.11 Å². The number of nitrogens with zero attached hydrogens (tertiary/aromatic N) is 4. The second-order valence-corrected chi connectivity index (χ2v) is 5.79. The van der Waals surface area contributed by atoms with Crippen LogP contribution < -0.4 is 10.6 Å². The van der Waals surface area contributed by atoms with Gasteiger partial charge in [-0.25, -0.2) is 4.99 Å². The summed E-state index contributed by atoms with van der Waals surface area (Å²) in [5.74, 6) is 2.65. The molecule has 0 bridgehead atoms. The molecule has 1 fully saturated rings. The fraction of sp³-hybridized carbons (Fsp3) is 0.800. The van der Waals surface area contributed by atoms with Crippen molar-refractivity contribution in [3.63, 3.8) is 0 Å². The fourth-order valence-electron chi connectivity index (χ4n) is 2.58. The molecule has 1 aromatic heterocycles. The number of rotatable bonds is 7. The van der Waals surface area contributed by atoms with Crippen LogP contribution in [-0.2, 0) is 18.3 Å². The van der Waals surface area contributed by atoms with Crippen LogP contribution in [0.1, 0.15) is 43.8 Å². The van der Waals surface area contributed by atoms with Gasteiger partial charge in [-0.2, -0.15) is 0 Å². The molecule has 2 rings (SSSR count). The van der Waals surface area contributed by atoms with Gasteiger partial charge in [-0.1, -0.05) is 12.8 Å². The molecular weight excluding hydrogens is 280 g/mol. The number of methoxy groups -OCH3 is 1. The standard InChI is InChI=1S/C15H28N6O/c1-12-19-20-14(21(12)2)11-17-15(16-9-6-10-22-3)18-13-7-4-5-8-13/h13H,4-11H2,1-3H3,(H2,16,17,18). The zero-order valence-electron chi connectivity index (χ0n) is 13.9. The molecule has 0 aliphatic heterocycles. The topological polar surface area (TPSA) is 76.4 Å². The Balaban J connectivity index is 1.92. The van der Waals surface area contributed by atoms with Crippen LogP contribution in [0.3, 0.4) is 0 Å². The van der Waals surface area contributed by atoms with Gasteiger partial charge in [0.2, 0.25) is 0 Å². The molecule has 7 heteroatoms. The van der Waals surface area contributed by atoms with Gasteiger partial charge in [0.15, 0.2) is 11.8 Å². The van der Waals surface area contributed by atoms with Crippen LogP contribution in [-0.4, -0.2) is 47.0 Å². The average Bonchev–Trinajstić information content (AvgIpc) is 3.13. The summed E-state index contributed by atoms with van der Waals surface area (Å²) in [5.41, 5.74) is 0. The van der Waals surface area contributed by atoms with Crippen molar-refractivity contribution in [1.82, 2.24) is 25.4 Å². The molecule has 1 saturated carbocycles. The summed E-state index contributed by atoms with van der Waals surface area (Å²) >= 11 is 0. The third-order valence-corrected chi connectivity index (χ3v) is 4.08. The van der Waals surface area contributed by atoms with Gasteiger partial charge in [0.05, 0.1) is 0 Å². The van der Waals surface area contributed by atoms with Crippen molar-refractivity contribution in [3.8, 4) is 0 Å². The maximum absolute atomic E-state index is 5.08. The first-order valence-electron chi connectivity index (χ1n) is 8.09. The number of aliphatic imine (C=N–C) groups is 1. The summed E-state index contributed by atoms with van der Waals surface area (Å²) in [6.07, 6.45) is 6.02. The van der Waals surface area contributed by atoms with Crippen LogP contribution in [0.25, 0.3) is 0 Å². The van der Waals surface area contributed by atoms with Gasteiger partial charge in [0.1, 0.15) is 12.4 Å². The van der Waals surface area contributed by atoms with Crippen molar-refractivity contribution in [3.05, 3.63) is 11.6 Å². The summed E-state index contributed by atoms with van der Waals surface area (Å²) < 4.78 is 7.06. The first kappa shape index (κ1) is 16.7. The Morgan fingerprint density at radius 2 is 2.14 bits per heavy atom. The van der Waals surface area contributed by atoms with Crippen molar-refractivity contribution in [1.29, 1.82) is 0 Å². The lowest BCUT2D eigenvalue weighted by Gasteiger charge is -2.17. The first-order valence-corrected chi connectivity index (χ1v) is 8.09. The summed E-state index contributed by atoms with van der Waals surface area (Å²) in [7, 11) is 3.69. The Kier molecular flexibility index (Phi) is 6.64. The molecular formula is C15H28N6O. The van der Waals surface area contributed by atoms with Crippen LogP contribution in [0, 0.1) is 6.92 Å². The molecule has 1 heterocycles. The van der Waals surface area contributed by atoms with Gasteiger partial charge in [-0.05, 0) is 26.2 Å². The largest absolute Gasteiger partial charge is 0.385 e. The van der Waals surface area contributed by atoms with Gasteiger partial charge < -0.3 is 19.9 Å². The van der Waals surface area contributed by atoms with E-state index in [4.69, 9.17) is 4.74 Å². The molecule has 0 atom stereocenters.